The minimum atomic E-state index is -0.544. The molecule has 0 aliphatic rings. The average Bonchev–Trinajstić information content (AvgIpc) is 2.45. The molecule has 0 unspecified atom stereocenters. The first kappa shape index (κ1) is 17.2. The van der Waals surface area contributed by atoms with Gasteiger partial charge in [0.1, 0.15) is 5.82 Å². The third-order valence-electron chi connectivity index (χ3n) is 3.05. The number of benzene rings is 1. The topological polar surface area (TPSA) is 64.8 Å². The average molecular weight is 298 g/mol. The van der Waals surface area contributed by atoms with Crippen molar-refractivity contribution in [2.45, 2.75) is 20.8 Å². The molecule has 0 saturated carbocycles. The molecular formula is C15H23FN2O3. The number of halogens is 1. The summed E-state index contributed by atoms with van der Waals surface area (Å²) in [5.41, 5.74) is 6.29. The number of ether oxygens (including phenoxy) is 2. The van der Waals surface area contributed by atoms with E-state index in [0.29, 0.717) is 32.0 Å². The smallest absolute Gasteiger partial charge is 0.340 e. The van der Waals surface area contributed by atoms with Crippen LogP contribution in [0.15, 0.2) is 12.1 Å². The predicted octanol–water partition coefficient (Wildman–Crippen LogP) is 2.45. The van der Waals surface area contributed by atoms with Crippen LogP contribution in [0.1, 0.15) is 31.1 Å². The molecule has 0 saturated heterocycles. The van der Waals surface area contributed by atoms with Gasteiger partial charge in [0.15, 0.2) is 0 Å². The summed E-state index contributed by atoms with van der Waals surface area (Å²) in [5.74, 6) is -1.00. The van der Waals surface area contributed by atoms with Crippen LogP contribution in [0, 0.1) is 5.82 Å². The van der Waals surface area contributed by atoms with Gasteiger partial charge < -0.3 is 20.1 Å². The standard InChI is InChI=1S/C15H23FN2O3/c1-4-18(7-8-20-5-2)14-9-11(15(19)21-6-3)13(17)10-12(14)16/h9-10H,4-8,17H2,1-3H3. The Hall–Kier alpha value is -1.82. The lowest BCUT2D eigenvalue weighted by molar-refractivity contribution is 0.0527. The molecule has 1 rings (SSSR count). The van der Waals surface area contributed by atoms with Gasteiger partial charge in [0.25, 0.3) is 0 Å². The number of nitrogen functional groups attached to an aromatic ring is 1. The Balaban J connectivity index is 3.04. The third-order valence-corrected chi connectivity index (χ3v) is 3.05. The number of anilines is 2. The molecule has 0 atom stereocenters. The van der Waals surface area contributed by atoms with Crippen molar-refractivity contribution in [2.24, 2.45) is 0 Å². The number of nitrogens with two attached hydrogens (primary N) is 1. The number of likely N-dealkylation sites (N-methyl/N-ethyl adjacent to an activating group) is 1. The summed E-state index contributed by atoms with van der Waals surface area (Å²) in [7, 11) is 0. The second kappa shape index (κ2) is 8.46. The molecule has 0 radical (unpaired) electrons. The molecule has 2 N–H and O–H groups in total. The summed E-state index contributed by atoms with van der Waals surface area (Å²) in [6.45, 7) is 7.98. The summed E-state index contributed by atoms with van der Waals surface area (Å²) < 4.78 is 24.3. The Morgan fingerprint density at radius 2 is 2.00 bits per heavy atom. The van der Waals surface area contributed by atoms with Gasteiger partial charge in [0.05, 0.1) is 24.5 Å². The molecule has 0 heterocycles. The van der Waals surface area contributed by atoms with Gasteiger partial charge in [-0.25, -0.2) is 9.18 Å². The van der Waals surface area contributed by atoms with Crippen LogP contribution in [0.2, 0.25) is 0 Å². The van der Waals surface area contributed by atoms with Crippen molar-refractivity contribution in [1.82, 2.24) is 0 Å². The zero-order valence-electron chi connectivity index (χ0n) is 12.8. The van der Waals surface area contributed by atoms with Crippen molar-refractivity contribution < 1.29 is 18.7 Å². The summed E-state index contributed by atoms with van der Waals surface area (Å²) in [5, 5.41) is 0. The molecule has 0 bridgehead atoms. The lowest BCUT2D eigenvalue weighted by Gasteiger charge is -2.24. The van der Waals surface area contributed by atoms with Crippen LogP contribution in [0.25, 0.3) is 0 Å². The summed E-state index contributed by atoms with van der Waals surface area (Å²) >= 11 is 0. The fraction of sp³-hybridized carbons (Fsp3) is 0.533. The van der Waals surface area contributed by atoms with Gasteiger partial charge in [-0.15, -0.1) is 0 Å². The number of rotatable bonds is 8. The van der Waals surface area contributed by atoms with E-state index in [9.17, 15) is 9.18 Å². The van der Waals surface area contributed by atoms with E-state index < -0.39 is 11.8 Å². The molecule has 5 nitrogen and oxygen atoms in total. The van der Waals surface area contributed by atoms with E-state index in [2.05, 4.69) is 0 Å². The van der Waals surface area contributed by atoms with Crippen LogP contribution >= 0.6 is 0 Å². The first-order valence-electron chi connectivity index (χ1n) is 7.13. The van der Waals surface area contributed by atoms with Gasteiger partial charge in [0, 0.05) is 25.4 Å². The molecule has 1 aromatic rings. The van der Waals surface area contributed by atoms with Crippen LogP contribution < -0.4 is 10.6 Å². The van der Waals surface area contributed by atoms with Crippen LogP contribution in [0.3, 0.4) is 0 Å². The molecule has 0 aliphatic heterocycles. The minimum absolute atomic E-state index is 0.0792. The van der Waals surface area contributed by atoms with Crippen molar-refractivity contribution in [2.75, 3.05) is 43.5 Å². The van der Waals surface area contributed by atoms with Gasteiger partial charge >= 0.3 is 5.97 Å². The fourth-order valence-electron chi connectivity index (χ4n) is 1.97. The van der Waals surface area contributed by atoms with Gasteiger partial charge in [-0.2, -0.15) is 0 Å². The Morgan fingerprint density at radius 1 is 1.29 bits per heavy atom. The molecule has 0 aliphatic carbocycles. The highest BCUT2D eigenvalue weighted by molar-refractivity contribution is 5.96. The highest BCUT2D eigenvalue weighted by Gasteiger charge is 2.18. The normalized spacial score (nSPS) is 10.5. The molecule has 21 heavy (non-hydrogen) atoms. The Morgan fingerprint density at radius 3 is 2.57 bits per heavy atom. The molecule has 118 valence electrons. The van der Waals surface area contributed by atoms with E-state index in [-0.39, 0.29) is 17.9 Å². The molecule has 0 fully saturated rings. The van der Waals surface area contributed by atoms with Crippen molar-refractivity contribution in [1.29, 1.82) is 0 Å². The molecule has 0 aromatic heterocycles. The van der Waals surface area contributed by atoms with Crippen LogP contribution in [-0.2, 0) is 9.47 Å². The predicted molar refractivity (Wildman–Crippen MR) is 81.1 cm³/mol. The van der Waals surface area contributed by atoms with Gasteiger partial charge in [-0.1, -0.05) is 0 Å². The van der Waals surface area contributed by atoms with Gasteiger partial charge in [-0.05, 0) is 32.9 Å². The number of nitrogens with zero attached hydrogens (tertiary/aromatic N) is 1. The van der Waals surface area contributed by atoms with Gasteiger partial charge in [0.2, 0.25) is 0 Å². The van der Waals surface area contributed by atoms with E-state index in [0.717, 1.165) is 6.07 Å². The van der Waals surface area contributed by atoms with Gasteiger partial charge in [-0.3, -0.25) is 0 Å². The fourth-order valence-corrected chi connectivity index (χ4v) is 1.97. The van der Waals surface area contributed by atoms with E-state index in [1.54, 1.807) is 11.8 Å². The third kappa shape index (κ3) is 4.60. The Bertz CT molecular complexity index is 480. The lowest BCUT2D eigenvalue weighted by Crippen LogP contribution is -2.28. The highest BCUT2D eigenvalue weighted by Crippen LogP contribution is 2.26. The van der Waals surface area contributed by atoms with Crippen molar-refractivity contribution >= 4 is 17.3 Å². The maximum absolute atomic E-state index is 14.1. The van der Waals surface area contributed by atoms with Crippen molar-refractivity contribution in [3.63, 3.8) is 0 Å². The molecule has 1 aromatic carbocycles. The Labute approximate surface area is 124 Å². The maximum Gasteiger partial charge on any atom is 0.340 e. The van der Waals surface area contributed by atoms with E-state index in [1.807, 2.05) is 13.8 Å². The number of esters is 1. The van der Waals surface area contributed by atoms with Crippen LogP contribution in [0.4, 0.5) is 15.8 Å². The van der Waals surface area contributed by atoms with Crippen LogP contribution in [-0.4, -0.2) is 38.9 Å². The zero-order chi connectivity index (χ0) is 15.8. The molecule has 0 amide bonds. The largest absolute Gasteiger partial charge is 0.462 e. The second-order valence-electron chi connectivity index (χ2n) is 4.39. The minimum Gasteiger partial charge on any atom is -0.462 e. The molecule has 0 spiro atoms. The van der Waals surface area contributed by atoms with E-state index >= 15 is 0 Å². The number of carbonyl (C=O) groups excluding carboxylic acids is 1. The number of carbonyl (C=O) groups is 1. The first-order valence-corrected chi connectivity index (χ1v) is 7.13. The summed E-state index contributed by atoms with van der Waals surface area (Å²) in [6.07, 6.45) is 0. The quantitative estimate of drug-likeness (QED) is 0.454. The number of hydrogen-bond donors (Lipinski definition) is 1. The summed E-state index contributed by atoms with van der Waals surface area (Å²) in [6, 6.07) is 2.60. The SMILES string of the molecule is CCOCCN(CC)c1cc(C(=O)OCC)c(N)cc1F. The first-order chi connectivity index (χ1) is 10.0. The second-order valence-corrected chi connectivity index (χ2v) is 4.39. The Kier molecular flexibility index (Phi) is 6.94. The molecular weight excluding hydrogens is 275 g/mol. The van der Waals surface area contributed by atoms with Crippen molar-refractivity contribution in [3.05, 3.63) is 23.5 Å². The highest BCUT2D eigenvalue weighted by atomic mass is 19.1. The van der Waals surface area contributed by atoms with Crippen molar-refractivity contribution in [3.8, 4) is 0 Å². The lowest BCUT2D eigenvalue weighted by atomic mass is 10.1. The summed E-state index contributed by atoms with van der Waals surface area (Å²) in [4.78, 5) is 13.6. The van der Waals surface area contributed by atoms with E-state index in [1.165, 1.54) is 6.07 Å². The van der Waals surface area contributed by atoms with E-state index in [4.69, 9.17) is 15.2 Å². The van der Waals surface area contributed by atoms with Crippen LogP contribution in [0.5, 0.6) is 0 Å². The maximum atomic E-state index is 14.1. The monoisotopic (exact) mass is 298 g/mol. The zero-order valence-corrected chi connectivity index (χ0v) is 12.8. The molecule has 6 heteroatoms. The number of hydrogen-bond acceptors (Lipinski definition) is 5.